The average Bonchev–Trinajstić information content (AvgIpc) is 3.30. The Bertz CT molecular complexity index is 1380. The fraction of sp³-hybridized carbons (Fsp3) is 0.321. The summed E-state index contributed by atoms with van der Waals surface area (Å²) in [6.45, 7) is 0.384. The average molecular weight is 537 g/mol. The Morgan fingerprint density at radius 3 is 2.54 bits per heavy atom. The fourth-order valence-electron chi connectivity index (χ4n) is 4.49. The van der Waals surface area contributed by atoms with Gasteiger partial charge in [-0.25, -0.2) is 14.8 Å². The number of ether oxygens (including phenoxy) is 3. The van der Waals surface area contributed by atoms with E-state index in [2.05, 4.69) is 28.2 Å². The molecule has 1 aliphatic carbocycles. The Kier molecular flexibility index (Phi) is 7.83. The van der Waals surface area contributed by atoms with Crippen molar-refractivity contribution in [3.05, 3.63) is 70.2 Å². The van der Waals surface area contributed by atoms with Gasteiger partial charge in [0.05, 0.1) is 49.6 Å². The minimum absolute atomic E-state index is 0.00863. The third kappa shape index (κ3) is 5.69. The molecule has 9 heteroatoms. The first-order valence-corrected chi connectivity index (χ1v) is 13.7. The van der Waals surface area contributed by atoms with Crippen molar-refractivity contribution in [3.8, 4) is 32.6 Å². The number of aliphatic hydroxyl groups excluding tert-OH is 1. The maximum atomic E-state index is 12.5. The fourth-order valence-corrected chi connectivity index (χ4v) is 6.13. The number of aromatic nitrogens is 2. The normalized spacial score (nSPS) is 16.4. The summed E-state index contributed by atoms with van der Waals surface area (Å²) in [6, 6.07) is 13.9. The summed E-state index contributed by atoms with van der Waals surface area (Å²) >= 11 is 2.78. The zero-order valence-electron chi connectivity index (χ0n) is 20.7. The quantitative estimate of drug-likeness (QED) is 0.181. The SMILES string of the molecule is COc1cc([C@H]2CC2CCCOC(=O)c2cnc(-c3ccccc3OC)s2)ccc1-c1ncc(CO)s1. The van der Waals surface area contributed by atoms with Crippen molar-refractivity contribution in [1.29, 1.82) is 0 Å². The number of aliphatic hydroxyl groups is 1. The molecule has 1 saturated carbocycles. The Morgan fingerprint density at radius 1 is 1.00 bits per heavy atom. The molecule has 1 unspecified atom stereocenters. The summed E-state index contributed by atoms with van der Waals surface area (Å²) in [5.74, 6) is 2.26. The van der Waals surface area contributed by atoms with E-state index in [-0.39, 0.29) is 12.6 Å². The van der Waals surface area contributed by atoms with Crippen LogP contribution in [0.3, 0.4) is 0 Å². The molecular weight excluding hydrogens is 508 g/mol. The van der Waals surface area contributed by atoms with Crippen LogP contribution in [0.2, 0.25) is 0 Å². The maximum Gasteiger partial charge on any atom is 0.349 e. The van der Waals surface area contributed by atoms with E-state index < -0.39 is 0 Å². The molecule has 1 fully saturated rings. The number of nitrogens with zero attached hydrogens (tertiary/aromatic N) is 2. The van der Waals surface area contributed by atoms with Crippen molar-refractivity contribution in [2.24, 2.45) is 5.92 Å². The number of hydrogen-bond donors (Lipinski definition) is 1. The van der Waals surface area contributed by atoms with Crippen LogP contribution in [0.15, 0.2) is 54.9 Å². The first-order valence-electron chi connectivity index (χ1n) is 12.1. The maximum absolute atomic E-state index is 12.5. The van der Waals surface area contributed by atoms with Crippen LogP contribution in [-0.4, -0.2) is 41.9 Å². The number of benzene rings is 2. The Balaban J connectivity index is 1.11. The van der Waals surface area contributed by atoms with Crippen LogP contribution in [-0.2, 0) is 11.3 Å². The van der Waals surface area contributed by atoms with Crippen LogP contribution in [0.4, 0.5) is 0 Å². The molecule has 5 rings (SSSR count). The second kappa shape index (κ2) is 11.4. The molecule has 4 aromatic rings. The molecule has 1 N–H and O–H groups in total. The van der Waals surface area contributed by atoms with Crippen molar-refractivity contribution in [1.82, 2.24) is 9.97 Å². The molecule has 37 heavy (non-hydrogen) atoms. The molecule has 1 aliphatic rings. The summed E-state index contributed by atoms with van der Waals surface area (Å²) < 4.78 is 16.6. The molecule has 192 valence electrons. The van der Waals surface area contributed by atoms with E-state index in [9.17, 15) is 9.90 Å². The van der Waals surface area contributed by atoms with E-state index in [1.807, 2.05) is 24.3 Å². The third-order valence-corrected chi connectivity index (χ3v) is 8.54. The number of methoxy groups -OCH3 is 2. The minimum Gasteiger partial charge on any atom is -0.496 e. The Morgan fingerprint density at radius 2 is 1.76 bits per heavy atom. The highest BCUT2D eigenvalue weighted by atomic mass is 32.1. The zero-order chi connectivity index (χ0) is 25.8. The molecule has 2 aromatic heterocycles. The highest BCUT2D eigenvalue weighted by Gasteiger charge is 2.38. The summed E-state index contributed by atoms with van der Waals surface area (Å²) in [5.41, 5.74) is 3.06. The van der Waals surface area contributed by atoms with E-state index in [1.165, 1.54) is 28.2 Å². The van der Waals surface area contributed by atoms with Gasteiger partial charge in [0.1, 0.15) is 26.4 Å². The third-order valence-electron chi connectivity index (χ3n) is 6.51. The van der Waals surface area contributed by atoms with Gasteiger partial charge in [0.15, 0.2) is 0 Å². The first kappa shape index (κ1) is 25.4. The lowest BCUT2D eigenvalue weighted by Gasteiger charge is -2.09. The number of rotatable bonds is 11. The van der Waals surface area contributed by atoms with Crippen molar-refractivity contribution < 1.29 is 24.1 Å². The van der Waals surface area contributed by atoms with E-state index in [0.717, 1.165) is 56.8 Å². The summed E-state index contributed by atoms with van der Waals surface area (Å²) in [6.07, 6.45) is 6.22. The van der Waals surface area contributed by atoms with Crippen LogP contribution in [0.25, 0.3) is 21.1 Å². The van der Waals surface area contributed by atoms with Crippen molar-refractivity contribution in [3.63, 3.8) is 0 Å². The van der Waals surface area contributed by atoms with Crippen molar-refractivity contribution in [2.45, 2.75) is 31.8 Å². The van der Waals surface area contributed by atoms with Crippen LogP contribution in [0.1, 0.15) is 45.3 Å². The standard InChI is InChI=1S/C28H28N2O5S2/c1-33-23-8-4-3-7-20(23)27-30-15-25(37-27)28(32)35-11-5-6-17-12-22(17)18-9-10-21(24(13-18)34-2)26-29-14-19(16-31)36-26/h3-4,7-10,13-15,17,22,31H,5-6,11-12,16H2,1-2H3/t17?,22-/m0/s1. The number of para-hydroxylation sites is 1. The molecule has 0 spiro atoms. The van der Waals surface area contributed by atoms with E-state index in [1.54, 1.807) is 26.6 Å². The lowest BCUT2D eigenvalue weighted by atomic mass is 10.0. The second-order valence-electron chi connectivity index (χ2n) is 8.86. The smallest absolute Gasteiger partial charge is 0.349 e. The molecule has 0 saturated heterocycles. The summed E-state index contributed by atoms with van der Waals surface area (Å²) in [7, 11) is 3.29. The summed E-state index contributed by atoms with van der Waals surface area (Å²) in [4.78, 5) is 22.6. The number of carbonyl (C=O) groups excluding carboxylic acids is 1. The highest BCUT2D eigenvalue weighted by molar-refractivity contribution is 7.16. The van der Waals surface area contributed by atoms with Gasteiger partial charge in [0.25, 0.3) is 0 Å². The van der Waals surface area contributed by atoms with Gasteiger partial charge in [-0.15, -0.1) is 22.7 Å². The zero-order valence-corrected chi connectivity index (χ0v) is 22.3. The lowest BCUT2D eigenvalue weighted by Crippen LogP contribution is -2.04. The molecule has 2 aromatic carbocycles. The molecular formula is C28H28N2O5S2. The molecule has 0 aliphatic heterocycles. The summed E-state index contributed by atoms with van der Waals surface area (Å²) in [5, 5.41) is 10.9. The van der Waals surface area contributed by atoms with Gasteiger partial charge < -0.3 is 19.3 Å². The topological polar surface area (TPSA) is 90.8 Å². The second-order valence-corrected chi connectivity index (χ2v) is 11.0. The number of hydrogen-bond acceptors (Lipinski definition) is 9. The van der Waals surface area contributed by atoms with Gasteiger partial charge in [-0.1, -0.05) is 18.2 Å². The van der Waals surface area contributed by atoms with Crippen molar-refractivity contribution >= 4 is 28.6 Å². The molecule has 0 bridgehead atoms. The molecule has 0 radical (unpaired) electrons. The molecule has 0 amide bonds. The Hall–Kier alpha value is -3.27. The number of thiazole rings is 2. The number of esters is 1. The van der Waals surface area contributed by atoms with Gasteiger partial charge in [0, 0.05) is 6.20 Å². The molecule has 7 nitrogen and oxygen atoms in total. The van der Waals surface area contributed by atoms with Gasteiger partial charge in [-0.3, -0.25) is 0 Å². The van der Waals surface area contributed by atoms with Gasteiger partial charge in [-0.2, -0.15) is 0 Å². The monoisotopic (exact) mass is 536 g/mol. The van der Waals surface area contributed by atoms with Crippen LogP contribution < -0.4 is 9.47 Å². The number of carbonyl (C=O) groups is 1. The van der Waals surface area contributed by atoms with Gasteiger partial charge in [0.2, 0.25) is 0 Å². The molecule has 2 heterocycles. The van der Waals surface area contributed by atoms with Crippen LogP contribution in [0.5, 0.6) is 11.5 Å². The van der Waals surface area contributed by atoms with E-state index >= 15 is 0 Å². The van der Waals surface area contributed by atoms with E-state index in [4.69, 9.17) is 14.2 Å². The molecule has 2 atom stereocenters. The predicted molar refractivity (Wildman–Crippen MR) is 144 cm³/mol. The lowest BCUT2D eigenvalue weighted by molar-refractivity contribution is 0.0502. The van der Waals surface area contributed by atoms with Crippen LogP contribution in [0, 0.1) is 5.92 Å². The largest absolute Gasteiger partial charge is 0.496 e. The Labute approximate surface area is 223 Å². The first-order chi connectivity index (χ1) is 18.1. The predicted octanol–water partition coefficient (Wildman–Crippen LogP) is 6.18. The van der Waals surface area contributed by atoms with Crippen LogP contribution >= 0.6 is 22.7 Å². The van der Waals surface area contributed by atoms with Crippen molar-refractivity contribution in [2.75, 3.05) is 20.8 Å². The van der Waals surface area contributed by atoms with Gasteiger partial charge >= 0.3 is 5.97 Å². The highest BCUT2D eigenvalue weighted by Crippen LogP contribution is 2.51. The minimum atomic E-state index is -0.335. The van der Waals surface area contributed by atoms with E-state index in [0.29, 0.717) is 23.3 Å². The van der Waals surface area contributed by atoms with Gasteiger partial charge in [-0.05, 0) is 60.9 Å².